The van der Waals surface area contributed by atoms with Crippen LogP contribution >= 0.6 is 28.3 Å². The molecule has 0 fully saturated rings. The average Bonchev–Trinajstić information content (AvgIpc) is 2.47. The molecule has 1 heterocycles. The van der Waals surface area contributed by atoms with E-state index in [2.05, 4.69) is 40.0 Å². The highest BCUT2D eigenvalue weighted by Crippen LogP contribution is 2.28. The van der Waals surface area contributed by atoms with Gasteiger partial charge in [-0.1, -0.05) is 12.1 Å². The molecule has 0 spiro atoms. The van der Waals surface area contributed by atoms with Crippen molar-refractivity contribution in [1.82, 2.24) is 4.98 Å². The topological polar surface area (TPSA) is 41.8 Å². The summed E-state index contributed by atoms with van der Waals surface area (Å²) in [5, 5.41) is 1.28. The molecule has 0 atom stereocenters. The number of para-hydroxylation sites is 1. The van der Waals surface area contributed by atoms with Crippen LogP contribution in [0.15, 0.2) is 22.7 Å². The van der Waals surface area contributed by atoms with Gasteiger partial charge in [-0.3, -0.25) is 0 Å². The summed E-state index contributed by atoms with van der Waals surface area (Å²) in [6.45, 7) is 2.79. The van der Waals surface area contributed by atoms with Crippen LogP contribution in [0.4, 0.5) is 0 Å². The Balaban J connectivity index is 0.00000112. The Morgan fingerprint density at radius 3 is 2.80 bits per heavy atom. The van der Waals surface area contributed by atoms with E-state index in [1.54, 1.807) is 0 Å². The third-order valence-electron chi connectivity index (χ3n) is 2.50. The molecule has 1 aromatic heterocycles. The van der Waals surface area contributed by atoms with Gasteiger partial charge in [0.2, 0.25) is 0 Å². The van der Waals surface area contributed by atoms with Gasteiger partial charge in [0.15, 0.2) is 0 Å². The van der Waals surface area contributed by atoms with Gasteiger partial charge in [0, 0.05) is 15.6 Å². The molecule has 15 heavy (non-hydrogen) atoms. The number of hydrogen-bond acceptors (Lipinski definition) is 1. The number of aromatic amines is 1. The number of H-pyrrole nitrogens is 1. The van der Waals surface area contributed by atoms with E-state index >= 15 is 0 Å². The summed E-state index contributed by atoms with van der Waals surface area (Å²) in [5.41, 5.74) is 9.32. The van der Waals surface area contributed by atoms with Crippen LogP contribution in [0.5, 0.6) is 0 Å². The van der Waals surface area contributed by atoms with E-state index in [-0.39, 0.29) is 12.4 Å². The number of fused-ring (bicyclic) bond motifs is 1. The van der Waals surface area contributed by atoms with Crippen molar-refractivity contribution in [3.05, 3.63) is 33.9 Å². The van der Waals surface area contributed by atoms with Crippen molar-refractivity contribution in [2.24, 2.45) is 5.73 Å². The molecule has 0 aliphatic rings. The molecular formula is C11H14BrClN2. The van der Waals surface area contributed by atoms with E-state index in [1.165, 1.54) is 22.2 Å². The summed E-state index contributed by atoms with van der Waals surface area (Å²) in [5.74, 6) is 0. The van der Waals surface area contributed by atoms with E-state index in [4.69, 9.17) is 5.73 Å². The molecule has 0 bridgehead atoms. The van der Waals surface area contributed by atoms with Gasteiger partial charge in [-0.25, -0.2) is 0 Å². The van der Waals surface area contributed by atoms with Gasteiger partial charge in [-0.05, 0) is 47.4 Å². The Hall–Kier alpha value is -0.510. The molecule has 2 rings (SSSR count). The minimum atomic E-state index is 0. The molecule has 0 aliphatic heterocycles. The number of aryl methyl sites for hydroxylation is 1. The number of nitrogens with one attached hydrogen (secondary N) is 1. The van der Waals surface area contributed by atoms with Crippen LogP contribution in [0.25, 0.3) is 10.9 Å². The Labute approximate surface area is 104 Å². The maximum Gasteiger partial charge on any atom is 0.0603 e. The molecule has 0 unspecified atom stereocenters. The fourth-order valence-corrected chi connectivity index (χ4v) is 2.30. The first kappa shape index (κ1) is 12.6. The van der Waals surface area contributed by atoms with Crippen LogP contribution in [-0.2, 0) is 6.42 Å². The Morgan fingerprint density at radius 1 is 1.40 bits per heavy atom. The molecule has 0 saturated heterocycles. The molecule has 1 aromatic carbocycles. The van der Waals surface area contributed by atoms with Gasteiger partial charge < -0.3 is 10.7 Å². The predicted molar refractivity (Wildman–Crippen MR) is 70.7 cm³/mol. The van der Waals surface area contributed by atoms with Crippen molar-refractivity contribution in [2.45, 2.75) is 13.3 Å². The van der Waals surface area contributed by atoms with E-state index in [9.17, 15) is 0 Å². The summed E-state index contributed by atoms with van der Waals surface area (Å²) in [6.07, 6.45) is 0.933. The number of halogens is 2. The number of benzene rings is 1. The summed E-state index contributed by atoms with van der Waals surface area (Å²) in [6, 6.07) is 6.23. The standard InChI is InChI=1S/C11H13BrN2.ClH/c1-7-8(5-6-13)9-3-2-4-10(12)11(9)14-7;/h2-4,14H,5-6,13H2,1H3;1H. The van der Waals surface area contributed by atoms with Gasteiger partial charge in [0.05, 0.1) is 5.52 Å². The van der Waals surface area contributed by atoms with Crippen molar-refractivity contribution in [3.8, 4) is 0 Å². The maximum absolute atomic E-state index is 5.59. The molecule has 0 amide bonds. The Bertz CT molecular complexity index is 465. The third kappa shape index (κ3) is 2.19. The molecule has 2 aromatic rings. The van der Waals surface area contributed by atoms with Gasteiger partial charge in [-0.15, -0.1) is 12.4 Å². The van der Waals surface area contributed by atoms with Gasteiger partial charge in [-0.2, -0.15) is 0 Å². The smallest absolute Gasteiger partial charge is 0.0603 e. The average molecular weight is 290 g/mol. The second kappa shape index (κ2) is 5.01. The highest BCUT2D eigenvalue weighted by atomic mass is 79.9. The molecule has 2 nitrogen and oxygen atoms in total. The van der Waals surface area contributed by atoms with E-state index < -0.39 is 0 Å². The minimum Gasteiger partial charge on any atom is -0.357 e. The largest absolute Gasteiger partial charge is 0.357 e. The fraction of sp³-hybridized carbons (Fsp3) is 0.273. The normalized spacial score (nSPS) is 10.3. The Kier molecular flexibility index (Phi) is 4.20. The van der Waals surface area contributed by atoms with Crippen LogP contribution in [0.1, 0.15) is 11.3 Å². The van der Waals surface area contributed by atoms with Gasteiger partial charge >= 0.3 is 0 Å². The zero-order valence-electron chi connectivity index (χ0n) is 8.51. The maximum atomic E-state index is 5.59. The van der Waals surface area contributed by atoms with Crippen LogP contribution in [0, 0.1) is 6.92 Å². The first-order valence-corrected chi connectivity index (χ1v) is 5.49. The minimum absolute atomic E-state index is 0. The van der Waals surface area contributed by atoms with Crippen LogP contribution < -0.4 is 5.73 Å². The second-order valence-corrected chi connectivity index (χ2v) is 4.28. The van der Waals surface area contributed by atoms with Crippen molar-refractivity contribution >= 4 is 39.2 Å². The van der Waals surface area contributed by atoms with Crippen molar-refractivity contribution in [2.75, 3.05) is 6.54 Å². The first-order chi connectivity index (χ1) is 6.74. The van der Waals surface area contributed by atoms with E-state index in [0.717, 1.165) is 10.9 Å². The molecule has 0 aliphatic carbocycles. The van der Waals surface area contributed by atoms with E-state index in [0.29, 0.717) is 6.54 Å². The quantitative estimate of drug-likeness (QED) is 0.876. The summed E-state index contributed by atoms with van der Waals surface area (Å²) in [4.78, 5) is 3.38. The molecule has 3 N–H and O–H groups in total. The SMILES string of the molecule is Cc1[nH]c2c(Br)cccc2c1CCN.Cl. The van der Waals surface area contributed by atoms with Crippen LogP contribution in [0.2, 0.25) is 0 Å². The highest BCUT2D eigenvalue weighted by Gasteiger charge is 2.08. The van der Waals surface area contributed by atoms with Crippen LogP contribution in [-0.4, -0.2) is 11.5 Å². The monoisotopic (exact) mass is 288 g/mol. The van der Waals surface area contributed by atoms with E-state index in [1.807, 2.05) is 6.07 Å². The number of aromatic nitrogens is 1. The lowest BCUT2D eigenvalue weighted by Crippen LogP contribution is -2.03. The summed E-state index contributed by atoms with van der Waals surface area (Å²) >= 11 is 3.53. The zero-order chi connectivity index (χ0) is 10.1. The van der Waals surface area contributed by atoms with Crippen LogP contribution in [0.3, 0.4) is 0 Å². The van der Waals surface area contributed by atoms with Crippen molar-refractivity contribution in [3.63, 3.8) is 0 Å². The number of nitrogens with two attached hydrogens (primary N) is 1. The first-order valence-electron chi connectivity index (χ1n) is 4.69. The Morgan fingerprint density at radius 2 is 2.13 bits per heavy atom. The summed E-state index contributed by atoms with van der Waals surface area (Å²) < 4.78 is 1.11. The zero-order valence-corrected chi connectivity index (χ0v) is 10.9. The predicted octanol–water partition coefficient (Wildman–Crippen LogP) is 3.16. The highest BCUT2D eigenvalue weighted by molar-refractivity contribution is 9.10. The third-order valence-corrected chi connectivity index (χ3v) is 3.16. The molecule has 0 saturated carbocycles. The molecular weight excluding hydrogens is 275 g/mol. The summed E-state index contributed by atoms with van der Waals surface area (Å²) in [7, 11) is 0. The van der Waals surface area contributed by atoms with Gasteiger partial charge in [0.25, 0.3) is 0 Å². The van der Waals surface area contributed by atoms with Crippen molar-refractivity contribution < 1.29 is 0 Å². The molecule has 0 radical (unpaired) electrons. The lowest BCUT2D eigenvalue weighted by Gasteiger charge is -1.97. The second-order valence-electron chi connectivity index (χ2n) is 3.43. The lowest BCUT2D eigenvalue weighted by molar-refractivity contribution is 0.963. The molecule has 82 valence electrons. The van der Waals surface area contributed by atoms with Gasteiger partial charge in [0.1, 0.15) is 0 Å². The number of rotatable bonds is 2. The van der Waals surface area contributed by atoms with Crippen molar-refractivity contribution in [1.29, 1.82) is 0 Å². The lowest BCUT2D eigenvalue weighted by atomic mass is 10.1. The number of hydrogen-bond donors (Lipinski definition) is 2. The molecule has 4 heteroatoms. The fourth-order valence-electron chi connectivity index (χ4n) is 1.83.